The van der Waals surface area contributed by atoms with Crippen molar-refractivity contribution in [2.24, 2.45) is 0 Å². The van der Waals surface area contributed by atoms with Crippen LogP contribution >= 0.6 is 11.3 Å². The summed E-state index contributed by atoms with van der Waals surface area (Å²) >= 11 is 1.64. The fraction of sp³-hybridized carbons (Fsp3) is 0.227. The van der Waals surface area contributed by atoms with Crippen LogP contribution in [-0.4, -0.2) is 20.2 Å². The Labute approximate surface area is 174 Å². The van der Waals surface area contributed by atoms with Gasteiger partial charge < -0.3 is 4.74 Å². The van der Waals surface area contributed by atoms with E-state index in [2.05, 4.69) is 49.7 Å². The number of nitrogens with one attached hydrogen (secondary N) is 2. The Morgan fingerprint density at radius 3 is 2.48 bits per heavy atom. The molecule has 29 heavy (non-hydrogen) atoms. The maximum atomic E-state index is 5.83. The van der Waals surface area contributed by atoms with E-state index >= 15 is 0 Å². The van der Waals surface area contributed by atoms with E-state index < -0.39 is 0 Å². The zero-order chi connectivity index (χ0) is 20.1. The fourth-order valence-corrected chi connectivity index (χ4v) is 3.65. The molecule has 148 valence electrons. The second-order valence-corrected chi connectivity index (χ2v) is 7.86. The molecule has 1 atom stereocenters. The molecule has 1 unspecified atom stereocenters. The van der Waals surface area contributed by atoms with Crippen LogP contribution in [0.1, 0.15) is 39.5 Å². The summed E-state index contributed by atoms with van der Waals surface area (Å²) in [4.78, 5) is 8.93. The first-order valence-electron chi connectivity index (χ1n) is 9.47. The van der Waals surface area contributed by atoms with Crippen molar-refractivity contribution >= 4 is 11.3 Å². The van der Waals surface area contributed by atoms with Crippen LogP contribution in [0.3, 0.4) is 0 Å². The van der Waals surface area contributed by atoms with E-state index in [1.165, 1.54) is 0 Å². The first-order chi connectivity index (χ1) is 14.2. The highest BCUT2D eigenvalue weighted by Crippen LogP contribution is 2.20. The van der Waals surface area contributed by atoms with Crippen LogP contribution in [0.2, 0.25) is 0 Å². The van der Waals surface area contributed by atoms with E-state index in [0.717, 1.165) is 39.2 Å². The number of hydrogen-bond acceptors (Lipinski definition) is 6. The molecule has 0 radical (unpaired) electrons. The van der Waals surface area contributed by atoms with Crippen LogP contribution in [-0.2, 0) is 13.2 Å². The van der Waals surface area contributed by atoms with Gasteiger partial charge in [-0.2, -0.15) is 5.10 Å². The van der Waals surface area contributed by atoms with Gasteiger partial charge in [0.25, 0.3) is 0 Å². The quantitative estimate of drug-likeness (QED) is 0.456. The van der Waals surface area contributed by atoms with Crippen LogP contribution in [0.4, 0.5) is 0 Å². The lowest BCUT2D eigenvalue weighted by molar-refractivity contribution is 0.302. The molecule has 0 saturated carbocycles. The highest BCUT2D eigenvalue weighted by molar-refractivity contribution is 7.09. The van der Waals surface area contributed by atoms with Gasteiger partial charge in [0.05, 0.1) is 16.7 Å². The largest absolute Gasteiger partial charge is 0.487 e. The molecule has 0 amide bonds. The number of H-pyrrole nitrogens is 1. The Bertz CT molecular complexity index is 1040. The first-order valence-corrected chi connectivity index (χ1v) is 10.4. The Hall–Kier alpha value is -3.03. The average molecular weight is 406 g/mol. The molecule has 0 spiro atoms. The molecule has 0 bridgehead atoms. The summed E-state index contributed by atoms with van der Waals surface area (Å²) in [6, 6.07) is 18.3. The lowest BCUT2D eigenvalue weighted by Gasteiger charge is -2.16. The van der Waals surface area contributed by atoms with E-state index in [0.29, 0.717) is 13.2 Å². The third kappa shape index (κ3) is 5.07. The normalized spacial score (nSPS) is 12.1. The molecule has 0 saturated heterocycles. The topological polar surface area (TPSA) is 75.7 Å². The molecular weight excluding hydrogens is 382 g/mol. The Morgan fingerprint density at radius 2 is 1.83 bits per heavy atom. The van der Waals surface area contributed by atoms with Gasteiger partial charge in [-0.1, -0.05) is 42.5 Å². The minimum atomic E-state index is -0.0787. The number of aryl methyl sites for hydroxylation is 2. The van der Waals surface area contributed by atoms with Crippen molar-refractivity contribution in [3.63, 3.8) is 0 Å². The summed E-state index contributed by atoms with van der Waals surface area (Å²) in [7, 11) is 0. The van der Waals surface area contributed by atoms with Gasteiger partial charge in [0.1, 0.15) is 18.2 Å². The van der Waals surface area contributed by atoms with E-state index in [-0.39, 0.29) is 6.04 Å². The van der Waals surface area contributed by atoms with Gasteiger partial charge in [0, 0.05) is 11.9 Å². The maximum absolute atomic E-state index is 5.83. The number of ether oxygens (including phenoxy) is 1. The molecule has 2 aromatic carbocycles. The van der Waals surface area contributed by atoms with Crippen LogP contribution < -0.4 is 10.1 Å². The molecule has 0 fully saturated rings. The van der Waals surface area contributed by atoms with E-state index in [4.69, 9.17) is 4.74 Å². The SMILES string of the molecule is Cc1nc(C(NCc2ccc(OCc3csc(C)n3)cc2)c2ccccc2)n[nH]1. The van der Waals surface area contributed by atoms with Gasteiger partial charge in [-0.05, 0) is 37.1 Å². The Kier molecular flexibility index (Phi) is 5.97. The lowest BCUT2D eigenvalue weighted by Crippen LogP contribution is -2.23. The zero-order valence-electron chi connectivity index (χ0n) is 16.4. The highest BCUT2D eigenvalue weighted by atomic mass is 32.1. The molecule has 6 nitrogen and oxygen atoms in total. The van der Waals surface area contributed by atoms with Crippen molar-refractivity contribution in [1.29, 1.82) is 0 Å². The summed E-state index contributed by atoms with van der Waals surface area (Å²) in [5.41, 5.74) is 3.26. The van der Waals surface area contributed by atoms with Crippen molar-refractivity contribution in [3.8, 4) is 5.75 Å². The molecule has 2 heterocycles. The van der Waals surface area contributed by atoms with Crippen LogP contribution in [0.25, 0.3) is 0 Å². The highest BCUT2D eigenvalue weighted by Gasteiger charge is 2.17. The molecule has 0 aliphatic rings. The van der Waals surface area contributed by atoms with Crippen molar-refractivity contribution < 1.29 is 4.74 Å². The number of hydrogen-bond donors (Lipinski definition) is 2. The number of rotatable bonds is 8. The summed E-state index contributed by atoms with van der Waals surface area (Å²) in [6.07, 6.45) is 0. The summed E-state index contributed by atoms with van der Waals surface area (Å²) in [5, 5.41) is 13.9. The molecular formula is C22H23N5OS. The van der Waals surface area contributed by atoms with E-state index in [1.807, 2.05) is 49.6 Å². The van der Waals surface area contributed by atoms with Crippen molar-refractivity contribution in [3.05, 3.63) is 93.5 Å². The van der Waals surface area contributed by atoms with Crippen molar-refractivity contribution in [1.82, 2.24) is 25.5 Å². The van der Waals surface area contributed by atoms with Crippen LogP contribution in [0.5, 0.6) is 5.75 Å². The van der Waals surface area contributed by atoms with E-state index in [9.17, 15) is 0 Å². The predicted octanol–water partition coefficient (Wildman–Crippen LogP) is 4.34. The monoisotopic (exact) mass is 405 g/mol. The molecule has 4 aromatic rings. The number of thiazole rings is 1. The third-order valence-corrected chi connectivity index (χ3v) is 5.31. The molecule has 4 rings (SSSR count). The lowest BCUT2D eigenvalue weighted by atomic mass is 10.1. The first kappa shape index (κ1) is 19.3. The predicted molar refractivity (Wildman–Crippen MR) is 114 cm³/mol. The van der Waals surface area contributed by atoms with Crippen molar-refractivity contribution in [2.75, 3.05) is 0 Å². The molecule has 2 N–H and O–H groups in total. The van der Waals surface area contributed by atoms with Gasteiger partial charge in [-0.15, -0.1) is 11.3 Å². The Balaban J connectivity index is 1.39. The summed E-state index contributed by atoms with van der Waals surface area (Å²) in [5.74, 6) is 2.38. The minimum absolute atomic E-state index is 0.0787. The molecule has 7 heteroatoms. The van der Waals surface area contributed by atoms with Gasteiger partial charge >= 0.3 is 0 Å². The third-order valence-electron chi connectivity index (χ3n) is 4.49. The minimum Gasteiger partial charge on any atom is -0.487 e. The van der Waals surface area contributed by atoms with Crippen molar-refractivity contribution in [2.45, 2.75) is 33.0 Å². The summed E-state index contributed by atoms with van der Waals surface area (Å²) in [6.45, 7) is 5.09. The zero-order valence-corrected chi connectivity index (χ0v) is 17.2. The maximum Gasteiger partial charge on any atom is 0.172 e. The van der Waals surface area contributed by atoms with E-state index in [1.54, 1.807) is 11.3 Å². The number of benzene rings is 2. The number of nitrogens with zero attached hydrogens (tertiary/aromatic N) is 3. The Morgan fingerprint density at radius 1 is 1.03 bits per heavy atom. The van der Waals surface area contributed by atoms with Gasteiger partial charge in [0.2, 0.25) is 0 Å². The summed E-state index contributed by atoms with van der Waals surface area (Å²) < 4.78 is 5.83. The van der Waals surface area contributed by atoms with Crippen LogP contribution in [0, 0.1) is 13.8 Å². The smallest absolute Gasteiger partial charge is 0.172 e. The van der Waals surface area contributed by atoms with Gasteiger partial charge in [0.15, 0.2) is 5.82 Å². The van der Waals surface area contributed by atoms with Crippen LogP contribution in [0.15, 0.2) is 60.0 Å². The fourth-order valence-electron chi connectivity index (χ4n) is 3.05. The molecule has 0 aliphatic carbocycles. The van der Waals surface area contributed by atoms with Gasteiger partial charge in [-0.25, -0.2) is 9.97 Å². The van der Waals surface area contributed by atoms with Gasteiger partial charge in [-0.3, -0.25) is 10.4 Å². The molecule has 2 aromatic heterocycles. The number of aromatic amines is 1. The second-order valence-electron chi connectivity index (χ2n) is 6.79. The second kappa shape index (κ2) is 8.98. The number of aromatic nitrogens is 4. The average Bonchev–Trinajstić information content (AvgIpc) is 3.36. The molecule has 0 aliphatic heterocycles. The standard InChI is InChI=1S/C22H23N5OS/c1-15-24-22(27-26-15)21(18-6-4-3-5-7-18)23-12-17-8-10-20(11-9-17)28-13-19-14-29-16(2)25-19/h3-11,14,21,23H,12-13H2,1-2H3,(H,24,26,27).